The molecule has 40 heavy (non-hydrogen) atoms. The minimum Gasteiger partial charge on any atom is -0.444 e. The molecule has 0 aliphatic carbocycles. The van der Waals surface area contributed by atoms with Crippen LogP contribution in [0.3, 0.4) is 0 Å². The summed E-state index contributed by atoms with van der Waals surface area (Å²) >= 11 is 0. The Hall–Kier alpha value is -3.85. The molecule has 2 N–H and O–H groups in total. The van der Waals surface area contributed by atoms with Crippen molar-refractivity contribution in [1.82, 2.24) is 10.3 Å². The number of nitrogens with one attached hydrogen (secondary N) is 2. The number of nitrogens with zero attached hydrogens (tertiary/aromatic N) is 4. The summed E-state index contributed by atoms with van der Waals surface area (Å²) in [5.74, 6) is -1.06. The van der Waals surface area contributed by atoms with Gasteiger partial charge in [-0.3, -0.25) is 15.1 Å². The number of aromatic nitrogens is 1. The number of anilines is 1. The number of carbonyl (C=O) groups excluding carboxylic acids is 2. The van der Waals surface area contributed by atoms with Gasteiger partial charge in [-0.2, -0.15) is 5.26 Å². The molecular weight excluding hydrogens is 535 g/mol. The highest BCUT2D eigenvalue weighted by Crippen LogP contribution is 2.48. The van der Waals surface area contributed by atoms with Crippen molar-refractivity contribution in [2.24, 2.45) is 9.36 Å². The Morgan fingerprint density at radius 3 is 2.52 bits per heavy atom. The molecule has 212 valence electrons. The first-order valence-corrected chi connectivity index (χ1v) is 14.4. The first kappa shape index (κ1) is 29.1. The minimum absolute atomic E-state index is 0.0856. The van der Waals surface area contributed by atoms with E-state index in [2.05, 4.69) is 20.0 Å². The minimum atomic E-state index is -3.04. The van der Waals surface area contributed by atoms with Crippen LogP contribution in [0.15, 0.2) is 39.8 Å². The lowest BCUT2D eigenvalue weighted by atomic mass is 9.85. The highest BCUT2D eigenvalue weighted by atomic mass is 32.2. The van der Waals surface area contributed by atoms with E-state index in [1.54, 1.807) is 54.5 Å². The van der Waals surface area contributed by atoms with Crippen LogP contribution >= 0.6 is 0 Å². The Morgan fingerprint density at radius 1 is 1.20 bits per heavy atom. The smallest absolute Gasteiger partial charge is 0.413 e. The van der Waals surface area contributed by atoms with Gasteiger partial charge in [0.1, 0.15) is 39.3 Å². The Kier molecular flexibility index (Phi) is 7.26. The summed E-state index contributed by atoms with van der Waals surface area (Å²) in [5.41, 5.74) is -0.837. The number of fused-ring (bicyclic) bond motifs is 1. The molecule has 0 radical (unpaired) electrons. The van der Waals surface area contributed by atoms with Crippen LogP contribution < -0.4 is 10.6 Å². The van der Waals surface area contributed by atoms with E-state index < -0.39 is 48.7 Å². The van der Waals surface area contributed by atoms with Crippen LogP contribution in [0.4, 0.5) is 14.9 Å². The fourth-order valence-corrected chi connectivity index (χ4v) is 8.30. The number of pyridine rings is 1. The molecule has 0 saturated carbocycles. The SMILES string of the molecule is Cc1cc(C#N)cnc1C(=O)Nc1ccc(F)c([C@@]2(C)N=C(NC(=O)OC(C)(C)C)C(C)(C)[S@]3(=O)=NCC[C@H]23)c1. The van der Waals surface area contributed by atoms with Gasteiger partial charge in [0.25, 0.3) is 5.91 Å². The monoisotopic (exact) mass is 568 g/mol. The highest BCUT2D eigenvalue weighted by molar-refractivity contribution is 7.96. The lowest BCUT2D eigenvalue weighted by Gasteiger charge is -2.45. The predicted octanol–water partition coefficient (Wildman–Crippen LogP) is 4.82. The molecule has 2 amide bonds. The fraction of sp³-hybridized carbons (Fsp3) is 0.464. The molecule has 4 rings (SSSR count). The van der Waals surface area contributed by atoms with Crippen molar-refractivity contribution in [3.63, 3.8) is 0 Å². The summed E-state index contributed by atoms with van der Waals surface area (Å²) in [4.78, 5) is 34.6. The molecule has 1 aromatic heterocycles. The zero-order valence-electron chi connectivity index (χ0n) is 23.6. The maximum Gasteiger partial charge on any atom is 0.413 e. The Morgan fingerprint density at radius 2 is 1.90 bits per heavy atom. The first-order valence-electron chi connectivity index (χ1n) is 12.8. The maximum atomic E-state index is 15.5. The van der Waals surface area contributed by atoms with Gasteiger partial charge in [0, 0.05) is 24.0 Å². The third-order valence-electron chi connectivity index (χ3n) is 7.14. The number of carbonyl (C=O) groups is 2. The topological polar surface area (TPSA) is 146 Å². The Bertz CT molecular complexity index is 1600. The number of aryl methyl sites for hydroxylation is 1. The predicted molar refractivity (Wildman–Crippen MR) is 150 cm³/mol. The van der Waals surface area contributed by atoms with Crippen LogP contribution in [-0.4, -0.2) is 49.2 Å². The zero-order chi connectivity index (χ0) is 29.7. The standard InChI is InChI=1S/C28H33FN6O4S/c1-16-12-17(14-30)15-31-22(16)23(36)33-18-8-9-20(29)19(13-18)28(7)21-10-11-32-40(21,38)27(5,6)24(35-28)34-25(37)39-26(2,3)4/h8-9,12-13,15,21H,10-11H2,1-7H3,(H,33,36)(H,34,35,37)/t21-,28-,40+/m1/s1. The van der Waals surface area contributed by atoms with Crippen molar-refractivity contribution in [2.45, 2.75) is 76.0 Å². The summed E-state index contributed by atoms with van der Waals surface area (Å²) in [5, 5.41) is 13.8. The zero-order valence-corrected chi connectivity index (χ0v) is 24.4. The van der Waals surface area contributed by atoms with Gasteiger partial charge >= 0.3 is 6.09 Å². The summed E-state index contributed by atoms with van der Waals surface area (Å²) in [6, 6.07) is 7.60. The quantitative estimate of drug-likeness (QED) is 0.543. The van der Waals surface area contributed by atoms with E-state index in [0.717, 1.165) is 0 Å². The Balaban J connectivity index is 1.77. The molecule has 2 aromatic rings. The summed E-state index contributed by atoms with van der Waals surface area (Å²) in [6.07, 6.45) is 0.941. The highest BCUT2D eigenvalue weighted by Gasteiger charge is 2.57. The van der Waals surface area contributed by atoms with E-state index in [0.29, 0.717) is 24.1 Å². The number of nitriles is 1. The summed E-state index contributed by atoms with van der Waals surface area (Å²) in [7, 11) is -3.04. The van der Waals surface area contributed by atoms with Gasteiger partial charge in [-0.05, 0) is 84.7 Å². The van der Waals surface area contributed by atoms with Crippen molar-refractivity contribution in [3.05, 3.63) is 58.7 Å². The van der Waals surface area contributed by atoms with E-state index in [-0.39, 0.29) is 22.8 Å². The number of amides is 2. The molecule has 3 heterocycles. The van der Waals surface area contributed by atoms with Gasteiger partial charge in [0.05, 0.1) is 20.5 Å². The number of rotatable bonds is 3. The van der Waals surface area contributed by atoms with Crippen molar-refractivity contribution in [3.8, 4) is 6.07 Å². The molecular formula is C28H33FN6O4S. The van der Waals surface area contributed by atoms with E-state index in [1.807, 2.05) is 6.07 Å². The molecule has 12 heteroatoms. The third-order valence-corrected chi connectivity index (χ3v) is 10.8. The largest absolute Gasteiger partial charge is 0.444 e. The van der Waals surface area contributed by atoms with E-state index in [4.69, 9.17) is 15.0 Å². The van der Waals surface area contributed by atoms with Crippen LogP contribution in [-0.2, 0) is 20.0 Å². The number of ether oxygens (including phenoxy) is 1. The molecule has 0 bridgehead atoms. The number of hydrogen-bond donors (Lipinski definition) is 2. The molecule has 3 atom stereocenters. The van der Waals surface area contributed by atoms with Crippen LogP contribution in [0, 0.1) is 24.1 Å². The number of alkyl carbamates (subject to hydrolysis) is 1. The molecule has 0 spiro atoms. The van der Waals surface area contributed by atoms with E-state index in [1.165, 1.54) is 24.4 Å². The van der Waals surface area contributed by atoms with Crippen LogP contribution in [0.1, 0.15) is 75.1 Å². The molecule has 10 nitrogen and oxygen atoms in total. The van der Waals surface area contributed by atoms with E-state index >= 15 is 4.39 Å². The number of aliphatic imine (C=N–C) groups is 1. The van der Waals surface area contributed by atoms with Gasteiger partial charge in [-0.25, -0.2) is 22.7 Å². The molecule has 1 aromatic carbocycles. The fourth-order valence-electron chi connectivity index (χ4n) is 5.11. The lowest BCUT2D eigenvalue weighted by Crippen LogP contribution is -2.60. The van der Waals surface area contributed by atoms with Gasteiger partial charge in [-0.1, -0.05) is 0 Å². The number of hydrogen-bond acceptors (Lipinski definition) is 8. The van der Waals surface area contributed by atoms with E-state index in [9.17, 15) is 13.8 Å². The lowest BCUT2D eigenvalue weighted by molar-refractivity contribution is 0.0560. The average Bonchev–Trinajstić information content (AvgIpc) is 3.27. The molecule has 0 unspecified atom stereocenters. The second-order valence-corrected chi connectivity index (χ2v) is 14.6. The van der Waals surface area contributed by atoms with Gasteiger partial charge in [-0.15, -0.1) is 0 Å². The second-order valence-electron chi connectivity index (χ2n) is 11.6. The summed E-state index contributed by atoms with van der Waals surface area (Å²) in [6.45, 7) is 12.2. The number of halogens is 1. The van der Waals surface area contributed by atoms with Gasteiger partial charge < -0.3 is 10.1 Å². The number of amidine groups is 1. The van der Waals surface area contributed by atoms with Crippen LogP contribution in [0.25, 0.3) is 0 Å². The van der Waals surface area contributed by atoms with Crippen molar-refractivity contribution < 1.29 is 22.9 Å². The number of benzene rings is 1. The molecule has 0 saturated heterocycles. The van der Waals surface area contributed by atoms with Crippen molar-refractivity contribution >= 4 is 33.3 Å². The third kappa shape index (κ3) is 5.06. The molecule has 2 aliphatic heterocycles. The van der Waals surface area contributed by atoms with Crippen molar-refractivity contribution in [2.75, 3.05) is 11.9 Å². The first-order chi connectivity index (χ1) is 18.5. The van der Waals surface area contributed by atoms with Gasteiger partial charge in [0.15, 0.2) is 0 Å². The molecule has 2 aliphatic rings. The average molecular weight is 569 g/mol. The Labute approximate surface area is 233 Å². The van der Waals surface area contributed by atoms with Crippen LogP contribution in [0.2, 0.25) is 0 Å². The molecule has 0 fully saturated rings. The van der Waals surface area contributed by atoms with Gasteiger partial charge in [0.2, 0.25) is 0 Å². The summed E-state index contributed by atoms with van der Waals surface area (Å²) < 4.78 is 38.8. The second kappa shape index (κ2) is 9.96. The van der Waals surface area contributed by atoms with Crippen molar-refractivity contribution in [1.29, 1.82) is 5.26 Å². The van der Waals surface area contributed by atoms with Crippen LogP contribution in [0.5, 0.6) is 0 Å². The maximum absolute atomic E-state index is 15.5. The normalized spacial score (nSPS) is 25.1.